The minimum absolute atomic E-state index is 0.123. The predicted octanol–water partition coefficient (Wildman–Crippen LogP) is 4.01. The van der Waals surface area contributed by atoms with Gasteiger partial charge in [-0.05, 0) is 32.4 Å². The summed E-state index contributed by atoms with van der Waals surface area (Å²) >= 11 is 5.31. The third-order valence-electron chi connectivity index (χ3n) is 4.08. The highest BCUT2D eigenvalue weighted by atomic mass is 79.9. The summed E-state index contributed by atoms with van der Waals surface area (Å²) in [4.78, 5) is 9.42. The van der Waals surface area contributed by atoms with E-state index in [-0.39, 0.29) is 12.1 Å². The lowest BCUT2D eigenvalue weighted by Gasteiger charge is -2.13. The number of hydrogen-bond donors (Lipinski definition) is 0. The molecule has 1 aromatic carbocycles. The lowest BCUT2D eigenvalue weighted by atomic mass is 10.0. The topological polar surface area (TPSA) is 52.3 Å². The lowest BCUT2D eigenvalue weighted by Crippen LogP contribution is -2.12. The zero-order valence-electron chi connectivity index (χ0n) is 12.9. The molecule has 7 heteroatoms. The number of hydrogen-bond acceptors (Lipinski definition) is 5. The number of thioether (sulfide) groups is 1. The monoisotopic (exact) mass is 392 g/mol. The van der Waals surface area contributed by atoms with Crippen LogP contribution in [0, 0.1) is 0 Å². The van der Waals surface area contributed by atoms with E-state index in [9.17, 15) is 0 Å². The molecule has 2 aliphatic heterocycles. The molecule has 0 saturated carbocycles. The molecule has 0 saturated heterocycles. The van der Waals surface area contributed by atoms with Gasteiger partial charge in [0.1, 0.15) is 17.1 Å². The maximum Gasteiger partial charge on any atom is 0.183 e. The molecule has 4 rings (SSSR count). The van der Waals surface area contributed by atoms with Gasteiger partial charge in [0.25, 0.3) is 0 Å². The Labute approximate surface area is 147 Å². The first-order chi connectivity index (χ1) is 11.1. The summed E-state index contributed by atoms with van der Waals surface area (Å²) < 4.78 is 8.88. The summed E-state index contributed by atoms with van der Waals surface area (Å²) in [7, 11) is 0. The van der Waals surface area contributed by atoms with Gasteiger partial charge < -0.3 is 4.74 Å². The van der Waals surface area contributed by atoms with Crippen LogP contribution in [0.4, 0.5) is 0 Å². The van der Waals surface area contributed by atoms with Crippen LogP contribution in [-0.4, -0.2) is 31.7 Å². The second kappa shape index (κ2) is 5.94. The van der Waals surface area contributed by atoms with Crippen LogP contribution < -0.4 is 4.74 Å². The van der Waals surface area contributed by atoms with Crippen molar-refractivity contribution in [1.82, 2.24) is 14.8 Å². The maximum absolute atomic E-state index is 5.91. The summed E-state index contributed by atoms with van der Waals surface area (Å²) in [5.41, 5.74) is 1.16. The molecule has 0 N–H and O–H groups in total. The fourth-order valence-corrected chi connectivity index (χ4v) is 4.59. The van der Waals surface area contributed by atoms with E-state index in [0.717, 1.165) is 39.7 Å². The molecule has 0 amide bonds. The molecule has 2 aromatic rings. The summed E-state index contributed by atoms with van der Waals surface area (Å²) in [6.07, 6.45) is 2.59. The van der Waals surface area contributed by atoms with Gasteiger partial charge in [0.2, 0.25) is 0 Å². The number of benzene rings is 1. The van der Waals surface area contributed by atoms with Crippen molar-refractivity contribution in [1.29, 1.82) is 0 Å². The molecule has 1 aromatic heterocycles. The van der Waals surface area contributed by atoms with E-state index < -0.39 is 0 Å². The molecular weight excluding hydrogens is 376 g/mol. The van der Waals surface area contributed by atoms with Crippen LogP contribution in [0.1, 0.15) is 43.7 Å². The van der Waals surface area contributed by atoms with E-state index in [1.807, 2.05) is 10.7 Å². The summed E-state index contributed by atoms with van der Waals surface area (Å²) in [5, 5.41) is 5.71. The minimum atomic E-state index is 0.123. The van der Waals surface area contributed by atoms with Crippen molar-refractivity contribution < 1.29 is 4.74 Å². The van der Waals surface area contributed by atoms with Crippen molar-refractivity contribution >= 4 is 32.7 Å². The Bertz CT molecular complexity index is 773. The Morgan fingerprint density at radius 3 is 3.09 bits per heavy atom. The highest BCUT2D eigenvalue weighted by Gasteiger charge is 2.37. The van der Waals surface area contributed by atoms with E-state index in [2.05, 4.69) is 52.0 Å². The molecule has 120 valence electrons. The van der Waals surface area contributed by atoms with Crippen LogP contribution in [-0.2, 0) is 0 Å². The largest absolute Gasteiger partial charge is 0.493 e. The molecule has 0 bridgehead atoms. The molecular formula is C16H17BrN4OS. The summed E-state index contributed by atoms with van der Waals surface area (Å²) in [6.45, 7) is 4.94. The van der Waals surface area contributed by atoms with Crippen molar-refractivity contribution in [2.45, 2.75) is 37.6 Å². The fraction of sp³-hybridized carbons (Fsp3) is 0.438. The van der Waals surface area contributed by atoms with Crippen molar-refractivity contribution in [2.75, 3.05) is 6.61 Å². The van der Waals surface area contributed by atoms with Gasteiger partial charge >= 0.3 is 0 Å². The van der Waals surface area contributed by atoms with Crippen LogP contribution in [0.2, 0.25) is 0 Å². The number of aliphatic imine (C=N–C) groups is 1. The number of rotatable bonds is 2. The molecule has 3 heterocycles. The second-order valence-electron chi connectivity index (χ2n) is 5.98. The first kappa shape index (κ1) is 15.2. The first-order valence-corrected chi connectivity index (χ1v) is 9.37. The second-order valence-corrected chi connectivity index (χ2v) is 8.12. The Morgan fingerprint density at radius 2 is 2.26 bits per heavy atom. The van der Waals surface area contributed by atoms with Gasteiger partial charge in [-0.2, -0.15) is 5.10 Å². The molecule has 0 fully saturated rings. The zero-order chi connectivity index (χ0) is 16.0. The summed E-state index contributed by atoms with van der Waals surface area (Å²) in [6, 6.07) is 6.60. The number of ether oxygens (including phenoxy) is 1. The molecule has 1 unspecified atom stereocenters. The quantitative estimate of drug-likeness (QED) is 0.774. The Balaban J connectivity index is 1.75. The normalized spacial score (nSPS) is 23.0. The molecule has 23 heavy (non-hydrogen) atoms. The fourth-order valence-electron chi connectivity index (χ4n) is 2.99. The smallest absolute Gasteiger partial charge is 0.183 e. The molecule has 5 nitrogen and oxygen atoms in total. The average Bonchev–Trinajstić information content (AvgIpc) is 3.11. The van der Waals surface area contributed by atoms with Gasteiger partial charge in [-0.1, -0.05) is 33.8 Å². The highest BCUT2D eigenvalue weighted by molar-refractivity contribution is 9.10. The van der Waals surface area contributed by atoms with Crippen molar-refractivity contribution in [3.05, 3.63) is 40.4 Å². The van der Waals surface area contributed by atoms with Crippen LogP contribution >= 0.6 is 27.7 Å². The number of halogens is 1. The Kier molecular flexibility index (Phi) is 3.93. The molecule has 0 spiro atoms. The van der Waals surface area contributed by atoms with E-state index in [0.29, 0.717) is 5.25 Å². The van der Waals surface area contributed by atoms with Crippen molar-refractivity contribution in [3.8, 4) is 5.75 Å². The van der Waals surface area contributed by atoms with Gasteiger partial charge in [0.15, 0.2) is 5.82 Å². The van der Waals surface area contributed by atoms with Gasteiger partial charge in [0, 0.05) is 21.3 Å². The molecule has 0 aliphatic carbocycles. The third-order valence-corrected chi connectivity index (χ3v) is 5.88. The number of fused-ring (bicyclic) bond motifs is 3. The Morgan fingerprint density at radius 1 is 1.39 bits per heavy atom. The molecule has 2 aliphatic rings. The highest BCUT2D eigenvalue weighted by Crippen LogP contribution is 2.46. The van der Waals surface area contributed by atoms with E-state index >= 15 is 0 Å². The lowest BCUT2D eigenvalue weighted by molar-refractivity contribution is 0.318. The number of nitrogens with zero attached hydrogens (tertiary/aromatic N) is 4. The van der Waals surface area contributed by atoms with E-state index in [4.69, 9.17) is 9.73 Å². The van der Waals surface area contributed by atoms with E-state index in [1.54, 1.807) is 18.1 Å². The summed E-state index contributed by atoms with van der Waals surface area (Å²) in [5.74, 6) is 1.81. The van der Waals surface area contributed by atoms with Crippen LogP contribution in [0.15, 0.2) is 34.0 Å². The SMILES string of the molecule is CC(C)n1ncnc1C1=N[C@H]2c3ccc(Br)cc3OCCC2S1. The number of aromatic nitrogens is 3. The van der Waals surface area contributed by atoms with Crippen LogP contribution in [0.5, 0.6) is 5.75 Å². The maximum atomic E-state index is 5.91. The van der Waals surface area contributed by atoms with Crippen molar-refractivity contribution in [2.24, 2.45) is 4.99 Å². The first-order valence-electron chi connectivity index (χ1n) is 7.70. The Hall–Kier alpha value is -1.34. The average molecular weight is 393 g/mol. The predicted molar refractivity (Wildman–Crippen MR) is 95.3 cm³/mol. The van der Waals surface area contributed by atoms with Gasteiger partial charge in [0.05, 0.1) is 12.6 Å². The minimum Gasteiger partial charge on any atom is -0.493 e. The molecule has 2 atom stereocenters. The standard InChI is InChI=1S/C16H17BrN4OS/c1-9(2)21-15(18-8-19-21)16-20-14-11-4-3-10(17)7-12(11)22-6-5-13(14)23-16/h3-4,7-9,13-14H,5-6H2,1-2H3/t13?,14-/m0/s1. The van der Waals surface area contributed by atoms with Gasteiger partial charge in [-0.3, -0.25) is 4.99 Å². The van der Waals surface area contributed by atoms with Gasteiger partial charge in [-0.25, -0.2) is 9.67 Å². The zero-order valence-corrected chi connectivity index (χ0v) is 15.3. The van der Waals surface area contributed by atoms with Crippen LogP contribution in [0.25, 0.3) is 0 Å². The molecule has 0 radical (unpaired) electrons. The van der Waals surface area contributed by atoms with Crippen LogP contribution in [0.3, 0.4) is 0 Å². The third kappa shape index (κ3) is 2.70. The van der Waals surface area contributed by atoms with E-state index in [1.165, 1.54) is 0 Å². The van der Waals surface area contributed by atoms with Gasteiger partial charge in [-0.15, -0.1) is 0 Å². The van der Waals surface area contributed by atoms with Crippen molar-refractivity contribution in [3.63, 3.8) is 0 Å².